The average Bonchev–Trinajstić information content (AvgIpc) is 2.14. The molecule has 1 atom stereocenters. The van der Waals surface area contributed by atoms with E-state index in [9.17, 15) is 4.79 Å². The van der Waals surface area contributed by atoms with Crippen molar-refractivity contribution in [1.82, 2.24) is 5.32 Å². The molecule has 1 rings (SSSR count). The minimum Gasteiger partial charge on any atom is -0.392 e. The first kappa shape index (κ1) is 12.7. The molecule has 1 aromatic carbocycles. The number of aliphatic hydroxyl groups is 1. The first-order valence-corrected chi connectivity index (χ1v) is 6.00. The van der Waals surface area contributed by atoms with Crippen LogP contribution in [0.1, 0.15) is 17.3 Å². The first-order valence-electron chi connectivity index (χ1n) is 4.42. The Kier molecular flexibility index (Phi) is 4.76. The fourth-order valence-corrected chi connectivity index (χ4v) is 2.24. The Morgan fingerprint density at radius 3 is 2.73 bits per heavy atom. The Hall–Kier alpha value is -0.390. The van der Waals surface area contributed by atoms with Crippen LogP contribution in [0.15, 0.2) is 27.1 Å². The summed E-state index contributed by atoms with van der Waals surface area (Å²) in [6, 6.07) is 5.31. The zero-order valence-electron chi connectivity index (χ0n) is 8.13. The van der Waals surface area contributed by atoms with E-state index in [-0.39, 0.29) is 12.5 Å². The van der Waals surface area contributed by atoms with Crippen LogP contribution in [0, 0.1) is 0 Å². The van der Waals surface area contributed by atoms with Crippen LogP contribution in [0.4, 0.5) is 0 Å². The van der Waals surface area contributed by atoms with E-state index < -0.39 is 6.10 Å². The third kappa shape index (κ3) is 3.93. The van der Waals surface area contributed by atoms with E-state index in [1.54, 1.807) is 25.1 Å². The van der Waals surface area contributed by atoms with E-state index in [1.165, 1.54) is 0 Å². The van der Waals surface area contributed by atoms with Gasteiger partial charge in [-0.25, -0.2) is 0 Å². The summed E-state index contributed by atoms with van der Waals surface area (Å²) in [6.45, 7) is 1.87. The van der Waals surface area contributed by atoms with Gasteiger partial charge in [0.1, 0.15) is 0 Å². The van der Waals surface area contributed by atoms with E-state index >= 15 is 0 Å². The van der Waals surface area contributed by atoms with Gasteiger partial charge in [-0.1, -0.05) is 15.9 Å². The minimum atomic E-state index is -0.539. The summed E-state index contributed by atoms with van der Waals surface area (Å²) in [7, 11) is 0. The summed E-state index contributed by atoms with van der Waals surface area (Å²) in [6.07, 6.45) is -0.539. The normalized spacial score (nSPS) is 12.3. The molecular formula is C10H11Br2NO2. The molecular weight excluding hydrogens is 326 g/mol. The van der Waals surface area contributed by atoms with Crippen LogP contribution in [0.25, 0.3) is 0 Å². The maximum atomic E-state index is 11.6. The highest BCUT2D eigenvalue weighted by atomic mass is 79.9. The molecule has 0 aromatic heterocycles. The smallest absolute Gasteiger partial charge is 0.252 e. The Morgan fingerprint density at radius 2 is 2.20 bits per heavy atom. The molecule has 0 radical (unpaired) electrons. The third-order valence-electron chi connectivity index (χ3n) is 1.73. The highest BCUT2D eigenvalue weighted by Crippen LogP contribution is 2.21. The van der Waals surface area contributed by atoms with Crippen molar-refractivity contribution in [2.75, 3.05) is 6.54 Å². The van der Waals surface area contributed by atoms with Crippen molar-refractivity contribution in [3.05, 3.63) is 32.7 Å². The zero-order chi connectivity index (χ0) is 11.4. The van der Waals surface area contributed by atoms with Gasteiger partial charge in [0.25, 0.3) is 5.91 Å². The van der Waals surface area contributed by atoms with E-state index in [0.717, 1.165) is 8.95 Å². The largest absolute Gasteiger partial charge is 0.392 e. The molecule has 15 heavy (non-hydrogen) atoms. The molecule has 1 unspecified atom stereocenters. The predicted molar refractivity (Wildman–Crippen MR) is 65.9 cm³/mol. The summed E-state index contributed by atoms with van der Waals surface area (Å²) in [4.78, 5) is 11.6. The van der Waals surface area contributed by atoms with Gasteiger partial charge >= 0.3 is 0 Å². The standard InChI is InChI=1S/C10H11Br2NO2/c1-6(14)5-13-10(15)8-3-2-7(11)4-9(8)12/h2-4,6,14H,5H2,1H3,(H,13,15). The van der Waals surface area contributed by atoms with Crippen molar-refractivity contribution in [3.8, 4) is 0 Å². The monoisotopic (exact) mass is 335 g/mol. The number of halogens is 2. The molecule has 82 valence electrons. The van der Waals surface area contributed by atoms with E-state index in [2.05, 4.69) is 37.2 Å². The van der Waals surface area contributed by atoms with Crippen LogP contribution in [0.5, 0.6) is 0 Å². The number of benzene rings is 1. The first-order chi connectivity index (χ1) is 7.00. The van der Waals surface area contributed by atoms with Crippen molar-refractivity contribution in [2.45, 2.75) is 13.0 Å². The average molecular weight is 337 g/mol. The molecule has 0 aliphatic rings. The summed E-state index contributed by atoms with van der Waals surface area (Å²) in [5, 5.41) is 11.7. The molecule has 0 fully saturated rings. The van der Waals surface area contributed by atoms with Gasteiger partial charge in [0.15, 0.2) is 0 Å². The predicted octanol–water partition coefficient (Wildman–Crippen LogP) is 2.32. The van der Waals surface area contributed by atoms with Crippen LogP contribution >= 0.6 is 31.9 Å². The zero-order valence-corrected chi connectivity index (χ0v) is 11.3. The summed E-state index contributed by atoms with van der Waals surface area (Å²) >= 11 is 6.61. The van der Waals surface area contributed by atoms with Gasteiger partial charge in [-0.2, -0.15) is 0 Å². The van der Waals surface area contributed by atoms with Gasteiger partial charge in [0.05, 0.1) is 11.7 Å². The lowest BCUT2D eigenvalue weighted by molar-refractivity contribution is 0.0923. The molecule has 0 bridgehead atoms. The molecule has 1 aromatic rings. The fourth-order valence-electron chi connectivity index (χ4n) is 1.01. The molecule has 0 aliphatic heterocycles. The quantitative estimate of drug-likeness (QED) is 0.890. The van der Waals surface area contributed by atoms with Crippen molar-refractivity contribution in [1.29, 1.82) is 0 Å². The molecule has 0 heterocycles. The van der Waals surface area contributed by atoms with Crippen LogP contribution in [-0.4, -0.2) is 23.7 Å². The van der Waals surface area contributed by atoms with Crippen LogP contribution < -0.4 is 5.32 Å². The van der Waals surface area contributed by atoms with Crippen LogP contribution in [-0.2, 0) is 0 Å². The van der Waals surface area contributed by atoms with Gasteiger partial charge in [0.2, 0.25) is 0 Å². The topological polar surface area (TPSA) is 49.3 Å². The Bertz CT molecular complexity index is 366. The summed E-state index contributed by atoms with van der Waals surface area (Å²) in [5.41, 5.74) is 0.554. The van der Waals surface area contributed by atoms with Gasteiger partial charge in [-0.15, -0.1) is 0 Å². The van der Waals surface area contributed by atoms with Crippen LogP contribution in [0.3, 0.4) is 0 Å². The number of carbonyl (C=O) groups excluding carboxylic acids is 1. The lowest BCUT2D eigenvalue weighted by atomic mass is 10.2. The summed E-state index contributed by atoms with van der Waals surface area (Å²) in [5.74, 6) is -0.199. The van der Waals surface area contributed by atoms with E-state index in [0.29, 0.717) is 5.56 Å². The second-order valence-corrected chi connectivity index (χ2v) is 4.95. The van der Waals surface area contributed by atoms with Crippen molar-refractivity contribution >= 4 is 37.8 Å². The second kappa shape index (κ2) is 5.63. The SMILES string of the molecule is CC(O)CNC(=O)c1ccc(Br)cc1Br. The number of hydrogen-bond donors (Lipinski definition) is 2. The highest BCUT2D eigenvalue weighted by molar-refractivity contribution is 9.11. The number of rotatable bonds is 3. The molecule has 5 heteroatoms. The Morgan fingerprint density at radius 1 is 1.53 bits per heavy atom. The summed E-state index contributed by atoms with van der Waals surface area (Å²) < 4.78 is 1.63. The molecule has 0 saturated carbocycles. The van der Waals surface area contributed by atoms with Crippen molar-refractivity contribution in [3.63, 3.8) is 0 Å². The molecule has 3 nitrogen and oxygen atoms in total. The lowest BCUT2D eigenvalue weighted by Gasteiger charge is -2.08. The Balaban J connectivity index is 2.74. The van der Waals surface area contributed by atoms with Gasteiger partial charge in [0, 0.05) is 15.5 Å². The minimum absolute atomic E-state index is 0.199. The molecule has 0 spiro atoms. The van der Waals surface area contributed by atoms with Crippen molar-refractivity contribution in [2.24, 2.45) is 0 Å². The highest BCUT2D eigenvalue weighted by Gasteiger charge is 2.10. The van der Waals surface area contributed by atoms with E-state index in [1.807, 2.05) is 0 Å². The second-order valence-electron chi connectivity index (χ2n) is 3.18. The molecule has 2 N–H and O–H groups in total. The van der Waals surface area contributed by atoms with Crippen molar-refractivity contribution < 1.29 is 9.90 Å². The number of nitrogens with one attached hydrogen (secondary N) is 1. The van der Waals surface area contributed by atoms with Gasteiger partial charge in [-0.3, -0.25) is 4.79 Å². The number of carbonyl (C=O) groups is 1. The maximum absolute atomic E-state index is 11.6. The fraction of sp³-hybridized carbons (Fsp3) is 0.300. The van der Waals surface area contributed by atoms with E-state index in [4.69, 9.17) is 5.11 Å². The lowest BCUT2D eigenvalue weighted by Crippen LogP contribution is -2.30. The number of aliphatic hydroxyl groups excluding tert-OH is 1. The Labute approximate surface area is 105 Å². The van der Waals surface area contributed by atoms with Gasteiger partial charge in [-0.05, 0) is 41.1 Å². The van der Waals surface area contributed by atoms with Crippen LogP contribution in [0.2, 0.25) is 0 Å². The van der Waals surface area contributed by atoms with Gasteiger partial charge < -0.3 is 10.4 Å². The number of amides is 1. The third-order valence-corrected chi connectivity index (χ3v) is 2.88. The maximum Gasteiger partial charge on any atom is 0.252 e. The number of hydrogen-bond acceptors (Lipinski definition) is 2. The molecule has 0 saturated heterocycles. The molecule has 0 aliphatic carbocycles. The molecule has 1 amide bonds.